The first-order chi connectivity index (χ1) is 13.3. The normalized spacial score (nSPS) is 13.7. The van der Waals surface area contributed by atoms with Gasteiger partial charge in [-0.3, -0.25) is 19.3 Å². The monoisotopic (exact) mass is 386 g/mol. The molecule has 1 aliphatic heterocycles. The summed E-state index contributed by atoms with van der Waals surface area (Å²) in [5.74, 6) is -1.22. The van der Waals surface area contributed by atoms with Crippen LogP contribution in [0, 0.1) is 17.2 Å². The highest BCUT2D eigenvalue weighted by atomic mass is 16.5. The zero-order valence-electron chi connectivity index (χ0n) is 15.7. The molecule has 28 heavy (non-hydrogen) atoms. The van der Waals surface area contributed by atoms with Gasteiger partial charge in [-0.25, -0.2) is 4.79 Å². The lowest BCUT2D eigenvalue weighted by atomic mass is 10.0. The van der Waals surface area contributed by atoms with E-state index in [0.717, 1.165) is 4.90 Å². The number of fused-ring (bicyclic) bond motifs is 1. The molecule has 0 fully saturated rings. The summed E-state index contributed by atoms with van der Waals surface area (Å²) in [5.41, 5.74) is 0.645. The van der Waals surface area contributed by atoms with Crippen molar-refractivity contribution >= 4 is 23.8 Å². The lowest BCUT2D eigenvalue weighted by molar-refractivity contribution is -0.123. The molecule has 0 spiro atoms. The van der Waals surface area contributed by atoms with Crippen molar-refractivity contribution in [2.45, 2.75) is 26.3 Å². The fraction of sp³-hybridized carbons (Fsp3) is 0.421. The smallest absolute Gasteiger partial charge is 0.407 e. The molecular formula is C19H22N4O5. The largest absolute Gasteiger partial charge is 0.448 e. The van der Waals surface area contributed by atoms with Gasteiger partial charge in [0, 0.05) is 0 Å². The number of carbonyl (C=O) groups excluding carboxylic acids is 4. The van der Waals surface area contributed by atoms with Crippen LogP contribution in [0.4, 0.5) is 4.79 Å². The maximum Gasteiger partial charge on any atom is 0.407 e. The second-order valence-electron chi connectivity index (χ2n) is 6.65. The van der Waals surface area contributed by atoms with Crippen LogP contribution >= 0.6 is 0 Å². The van der Waals surface area contributed by atoms with Gasteiger partial charge in [-0.05, 0) is 24.5 Å². The van der Waals surface area contributed by atoms with Crippen LogP contribution in [-0.2, 0) is 9.53 Å². The number of hydrogen-bond donors (Lipinski definition) is 2. The molecule has 9 nitrogen and oxygen atoms in total. The summed E-state index contributed by atoms with van der Waals surface area (Å²) in [6, 6.07) is 7.43. The predicted octanol–water partition coefficient (Wildman–Crippen LogP) is 1.06. The molecule has 9 heteroatoms. The summed E-state index contributed by atoms with van der Waals surface area (Å²) < 4.78 is 5.02. The second kappa shape index (κ2) is 9.50. The van der Waals surface area contributed by atoms with Crippen molar-refractivity contribution in [3.63, 3.8) is 0 Å². The number of amides is 4. The van der Waals surface area contributed by atoms with Crippen molar-refractivity contribution in [2.75, 3.05) is 19.7 Å². The maximum atomic E-state index is 12.2. The summed E-state index contributed by atoms with van der Waals surface area (Å²) >= 11 is 0. The number of carbonyl (C=O) groups is 4. The molecule has 1 aliphatic rings. The molecule has 148 valence electrons. The van der Waals surface area contributed by atoms with E-state index in [9.17, 15) is 19.2 Å². The highest BCUT2D eigenvalue weighted by Crippen LogP contribution is 2.21. The van der Waals surface area contributed by atoms with Gasteiger partial charge >= 0.3 is 6.09 Å². The van der Waals surface area contributed by atoms with Crippen molar-refractivity contribution in [2.24, 2.45) is 5.92 Å². The van der Waals surface area contributed by atoms with Crippen molar-refractivity contribution < 1.29 is 23.9 Å². The van der Waals surface area contributed by atoms with E-state index in [1.165, 1.54) is 0 Å². The Morgan fingerprint density at radius 2 is 1.79 bits per heavy atom. The molecule has 1 heterocycles. The molecule has 0 unspecified atom stereocenters. The highest BCUT2D eigenvalue weighted by molar-refractivity contribution is 6.21. The highest BCUT2D eigenvalue weighted by Gasteiger charge is 2.35. The predicted molar refractivity (Wildman–Crippen MR) is 98.2 cm³/mol. The summed E-state index contributed by atoms with van der Waals surface area (Å²) in [5, 5.41) is 13.4. The van der Waals surface area contributed by atoms with E-state index in [2.05, 4.69) is 10.6 Å². The molecule has 1 aromatic carbocycles. The fourth-order valence-corrected chi connectivity index (χ4v) is 2.81. The van der Waals surface area contributed by atoms with E-state index < -0.39 is 29.9 Å². The molecule has 4 amide bonds. The van der Waals surface area contributed by atoms with Crippen LogP contribution in [-0.4, -0.2) is 54.5 Å². The summed E-state index contributed by atoms with van der Waals surface area (Å²) in [7, 11) is 0. The number of hydrogen-bond acceptors (Lipinski definition) is 6. The molecule has 1 atom stereocenters. The van der Waals surface area contributed by atoms with E-state index in [4.69, 9.17) is 10.00 Å². The van der Waals surface area contributed by atoms with Crippen LogP contribution in [0.25, 0.3) is 0 Å². The average Bonchev–Trinajstić information content (AvgIpc) is 2.90. The third-order valence-electron chi connectivity index (χ3n) is 4.08. The van der Waals surface area contributed by atoms with Gasteiger partial charge in [-0.2, -0.15) is 5.26 Å². The number of nitriles is 1. The Morgan fingerprint density at radius 1 is 1.18 bits per heavy atom. The molecule has 0 radical (unpaired) electrons. The van der Waals surface area contributed by atoms with Crippen molar-refractivity contribution in [3.05, 3.63) is 35.4 Å². The number of benzene rings is 1. The van der Waals surface area contributed by atoms with Crippen molar-refractivity contribution in [1.29, 1.82) is 5.26 Å². The van der Waals surface area contributed by atoms with Crippen LogP contribution in [0.2, 0.25) is 0 Å². The van der Waals surface area contributed by atoms with Crippen molar-refractivity contribution in [3.8, 4) is 6.07 Å². The maximum absolute atomic E-state index is 12.2. The van der Waals surface area contributed by atoms with E-state index in [-0.39, 0.29) is 25.6 Å². The first-order valence-electron chi connectivity index (χ1n) is 8.88. The summed E-state index contributed by atoms with van der Waals surface area (Å²) in [6.45, 7) is 3.32. The number of nitrogens with one attached hydrogen (secondary N) is 2. The lowest BCUT2D eigenvalue weighted by Gasteiger charge is -2.20. The minimum Gasteiger partial charge on any atom is -0.448 e. The van der Waals surface area contributed by atoms with Gasteiger partial charge in [-0.15, -0.1) is 0 Å². The van der Waals surface area contributed by atoms with Gasteiger partial charge in [0.15, 0.2) is 0 Å². The molecular weight excluding hydrogens is 364 g/mol. The second-order valence-corrected chi connectivity index (χ2v) is 6.65. The van der Waals surface area contributed by atoms with Gasteiger partial charge in [0.2, 0.25) is 5.91 Å². The Hall–Kier alpha value is -3.41. The number of imide groups is 1. The molecule has 2 rings (SSSR count). The molecule has 0 saturated heterocycles. The quantitative estimate of drug-likeness (QED) is 0.508. The fourth-order valence-electron chi connectivity index (χ4n) is 2.81. The molecule has 0 aromatic heterocycles. The van der Waals surface area contributed by atoms with Gasteiger partial charge in [0.1, 0.15) is 19.2 Å². The third-order valence-corrected chi connectivity index (χ3v) is 4.08. The van der Waals surface area contributed by atoms with Crippen LogP contribution in [0.5, 0.6) is 0 Å². The first kappa shape index (κ1) is 20.9. The zero-order chi connectivity index (χ0) is 20.7. The zero-order valence-corrected chi connectivity index (χ0v) is 15.7. The van der Waals surface area contributed by atoms with Crippen LogP contribution in [0.1, 0.15) is 41.0 Å². The minimum atomic E-state index is -0.847. The van der Waals surface area contributed by atoms with E-state index in [0.29, 0.717) is 17.5 Å². The van der Waals surface area contributed by atoms with Crippen LogP contribution in [0.3, 0.4) is 0 Å². The van der Waals surface area contributed by atoms with Gasteiger partial charge in [-0.1, -0.05) is 26.0 Å². The van der Waals surface area contributed by atoms with Gasteiger partial charge in [0.25, 0.3) is 11.8 Å². The Morgan fingerprint density at radius 3 is 2.32 bits per heavy atom. The Kier molecular flexibility index (Phi) is 7.09. The molecule has 2 N–H and O–H groups in total. The molecule has 0 saturated carbocycles. The minimum absolute atomic E-state index is 0.0881. The molecule has 0 bridgehead atoms. The number of nitrogens with zero attached hydrogens (tertiary/aromatic N) is 2. The molecule has 1 aromatic rings. The van der Waals surface area contributed by atoms with Gasteiger partial charge in [0.05, 0.1) is 23.7 Å². The topological polar surface area (TPSA) is 129 Å². The number of alkyl carbamates (subject to hydrolysis) is 1. The Labute approximate surface area is 162 Å². The summed E-state index contributed by atoms with van der Waals surface area (Å²) in [4.78, 5) is 49.5. The average molecular weight is 386 g/mol. The van der Waals surface area contributed by atoms with Crippen LogP contribution < -0.4 is 10.6 Å². The lowest BCUT2D eigenvalue weighted by Crippen LogP contribution is -2.48. The van der Waals surface area contributed by atoms with Crippen molar-refractivity contribution in [1.82, 2.24) is 15.5 Å². The number of rotatable bonds is 8. The van der Waals surface area contributed by atoms with E-state index in [1.54, 1.807) is 30.3 Å². The summed E-state index contributed by atoms with van der Waals surface area (Å²) in [6.07, 6.45) is -0.473. The third kappa shape index (κ3) is 5.07. The van der Waals surface area contributed by atoms with E-state index in [1.807, 2.05) is 13.8 Å². The van der Waals surface area contributed by atoms with E-state index >= 15 is 0 Å². The standard InChI is InChI=1S/C19H22N4O5/c1-12(2)11-15(16(24)21-8-7-20)22-19(27)28-10-9-23-17(25)13-5-3-4-6-14(13)18(23)26/h3-6,12,15H,8-11H2,1-2H3,(H,21,24)(H,22,27)/t15-/m0/s1. The first-order valence-corrected chi connectivity index (χ1v) is 8.88. The van der Waals surface area contributed by atoms with Crippen LogP contribution in [0.15, 0.2) is 24.3 Å². The molecule has 0 aliphatic carbocycles. The number of ether oxygens (including phenoxy) is 1. The SMILES string of the molecule is CC(C)C[C@H](NC(=O)OCCN1C(=O)c2ccccc2C1=O)C(=O)NCC#N. The Bertz CT molecular complexity index is 780. The Balaban J connectivity index is 1.86. The van der Waals surface area contributed by atoms with Gasteiger partial charge < -0.3 is 15.4 Å².